The number of carbonyl (C=O) groups excluding carboxylic acids is 2. The molecule has 0 spiro atoms. The Morgan fingerprint density at radius 2 is 1.90 bits per heavy atom. The fourth-order valence-electron chi connectivity index (χ4n) is 5.30. The molecule has 42 heavy (non-hydrogen) atoms. The molecule has 0 bridgehead atoms. The molecule has 2 aliphatic rings. The minimum absolute atomic E-state index is 0.00559. The summed E-state index contributed by atoms with van der Waals surface area (Å²) in [6.45, 7) is 2.78. The Morgan fingerprint density at radius 3 is 2.60 bits per heavy atom. The number of anilines is 3. The number of methoxy groups -OCH3 is 1. The van der Waals surface area contributed by atoms with E-state index in [-0.39, 0.29) is 23.3 Å². The summed E-state index contributed by atoms with van der Waals surface area (Å²) in [4.78, 5) is 27.3. The van der Waals surface area contributed by atoms with Gasteiger partial charge in [0.1, 0.15) is 0 Å². The van der Waals surface area contributed by atoms with Gasteiger partial charge in [-0.1, -0.05) is 6.07 Å². The van der Waals surface area contributed by atoms with E-state index < -0.39 is 5.91 Å². The van der Waals surface area contributed by atoms with Crippen LogP contribution in [0.5, 0.6) is 5.75 Å². The number of likely N-dealkylation sites (tertiary alicyclic amines) is 1. The lowest BCUT2D eigenvalue weighted by Crippen LogP contribution is -2.44. The fraction of sp³-hybridized carbons (Fsp3) is 0.379. The number of benzene rings is 1. The Morgan fingerprint density at radius 1 is 1.10 bits per heavy atom. The molecule has 4 aromatic rings. The Labute approximate surface area is 243 Å². The summed E-state index contributed by atoms with van der Waals surface area (Å²) in [5, 5.41) is 25.9. The molecule has 6 rings (SSSR count). The summed E-state index contributed by atoms with van der Waals surface area (Å²) in [5.41, 5.74) is 5.05. The third kappa shape index (κ3) is 5.55. The molecule has 0 radical (unpaired) electrons. The number of aryl methyl sites for hydroxylation is 2. The van der Waals surface area contributed by atoms with Crippen molar-refractivity contribution < 1.29 is 14.3 Å². The first-order chi connectivity index (χ1) is 20.3. The van der Waals surface area contributed by atoms with Crippen LogP contribution in [0.3, 0.4) is 0 Å². The second-order valence-corrected chi connectivity index (χ2v) is 10.8. The maximum Gasteiger partial charge on any atom is 0.273 e. The Balaban J connectivity index is 1.24. The summed E-state index contributed by atoms with van der Waals surface area (Å²) in [6, 6.07) is 9.43. The number of amides is 2. The quantitative estimate of drug-likeness (QED) is 0.262. The van der Waals surface area contributed by atoms with Crippen molar-refractivity contribution in [1.82, 2.24) is 40.0 Å². The molecule has 218 valence electrons. The van der Waals surface area contributed by atoms with Crippen molar-refractivity contribution in [2.45, 2.75) is 25.3 Å². The molecular formula is C29H34N10O3. The number of hydrogen-bond acceptors (Lipinski definition) is 9. The second-order valence-electron chi connectivity index (χ2n) is 10.8. The van der Waals surface area contributed by atoms with Gasteiger partial charge in [0, 0.05) is 81.7 Å². The lowest BCUT2D eigenvalue weighted by molar-refractivity contribution is -0.117. The molecule has 13 heteroatoms. The highest BCUT2D eigenvalue weighted by Crippen LogP contribution is 2.39. The third-order valence-electron chi connectivity index (χ3n) is 7.66. The van der Waals surface area contributed by atoms with Crippen LogP contribution < -0.4 is 20.7 Å². The first-order valence-corrected chi connectivity index (χ1v) is 13.9. The van der Waals surface area contributed by atoms with Gasteiger partial charge in [-0.25, -0.2) is 0 Å². The zero-order chi connectivity index (χ0) is 29.4. The van der Waals surface area contributed by atoms with Crippen LogP contribution in [0.15, 0.2) is 42.7 Å². The molecule has 0 atom stereocenters. The SMILES string of the molecule is CNC(=O)c1nnc(NC(=O)C2CC2)cc1Nc1cccc(-c2cc(C3CN(Cc4cnn(C)c4)C3)n(C)n2)c1OC. The van der Waals surface area contributed by atoms with Crippen molar-refractivity contribution in [2.24, 2.45) is 20.0 Å². The largest absolute Gasteiger partial charge is 0.494 e. The monoisotopic (exact) mass is 570 g/mol. The topological polar surface area (TPSA) is 144 Å². The maximum atomic E-state index is 12.6. The van der Waals surface area contributed by atoms with E-state index in [0.717, 1.165) is 49.4 Å². The highest BCUT2D eigenvalue weighted by Gasteiger charge is 2.32. The molecular weight excluding hydrogens is 536 g/mol. The normalized spacial score (nSPS) is 15.2. The zero-order valence-electron chi connectivity index (χ0n) is 24.1. The van der Waals surface area contributed by atoms with Crippen molar-refractivity contribution >= 4 is 29.0 Å². The van der Waals surface area contributed by atoms with Crippen LogP contribution in [0.2, 0.25) is 0 Å². The third-order valence-corrected chi connectivity index (χ3v) is 7.66. The fourth-order valence-corrected chi connectivity index (χ4v) is 5.30. The van der Waals surface area contributed by atoms with Gasteiger partial charge in [0.05, 0.1) is 30.4 Å². The lowest BCUT2D eigenvalue weighted by Gasteiger charge is -2.39. The van der Waals surface area contributed by atoms with Crippen LogP contribution in [-0.4, -0.2) is 73.7 Å². The molecule has 3 N–H and O–H groups in total. The van der Waals surface area contributed by atoms with Gasteiger partial charge < -0.3 is 20.7 Å². The van der Waals surface area contributed by atoms with Gasteiger partial charge >= 0.3 is 0 Å². The van der Waals surface area contributed by atoms with Gasteiger partial charge in [-0.15, -0.1) is 10.2 Å². The Hall–Kier alpha value is -4.78. The first-order valence-electron chi connectivity index (χ1n) is 13.9. The van der Waals surface area contributed by atoms with E-state index in [1.165, 1.54) is 12.6 Å². The Bertz CT molecular complexity index is 1630. The van der Waals surface area contributed by atoms with Crippen LogP contribution in [0.25, 0.3) is 11.3 Å². The van der Waals surface area contributed by atoms with Crippen LogP contribution in [0.1, 0.15) is 40.5 Å². The van der Waals surface area contributed by atoms with E-state index in [1.54, 1.807) is 13.2 Å². The van der Waals surface area contributed by atoms with Gasteiger partial charge in [0.2, 0.25) is 5.91 Å². The standard InChI is InChI=1S/C29H34N10O3/c1-30-29(41)26-23(11-25(34-35-26)33-28(40)18-8-9-18)32-21-7-5-6-20(27(21)42-4)22-10-24(38(3)36-22)19-15-39(16-19)14-17-12-31-37(2)13-17/h5-7,10-13,18-19H,8-9,14-16H2,1-4H3,(H,30,41)(H2,32,33,34,40). The van der Waals surface area contributed by atoms with E-state index >= 15 is 0 Å². The molecule has 13 nitrogen and oxygen atoms in total. The molecule has 1 aliphatic carbocycles. The van der Waals surface area contributed by atoms with E-state index in [0.29, 0.717) is 23.0 Å². The van der Waals surface area contributed by atoms with Crippen molar-refractivity contribution in [2.75, 3.05) is 37.9 Å². The molecule has 1 aliphatic heterocycles. The smallest absolute Gasteiger partial charge is 0.273 e. The molecule has 1 saturated heterocycles. The minimum atomic E-state index is -0.410. The van der Waals surface area contributed by atoms with Crippen molar-refractivity contribution in [1.29, 1.82) is 0 Å². The highest BCUT2D eigenvalue weighted by atomic mass is 16.5. The lowest BCUT2D eigenvalue weighted by atomic mass is 9.95. The van der Waals surface area contributed by atoms with Crippen molar-refractivity contribution in [3.8, 4) is 17.0 Å². The summed E-state index contributed by atoms with van der Waals surface area (Å²) >= 11 is 0. The van der Waals surface area contributed by atoms with Crippen LogP contribution in [0.4, 0.5) is 17.2 Å². The summed E-state index contributed by atoms with van der Waals surface area (Å²) < 4.78 is 9.63. The zero-order valence-corrected chi connectivity index (χ0v) is 24.1. The van der Waals surface area contributed by atoms with E-state index in [1.807, 2.05) is 54.1 Å². The van der Waals surface area contributed by atoms with Gasteiger partial charge in [0.25, 0.3) is 5.91 Å². The maximum absolute atomic E-state index is 12.6. The number of rotatable bonds is 10. The summed E-state index contributed by atoms with van der Waals surface area (Å²) in [7, 11) is 7.02. The second kappa shape index (κ2) is 11.2. The number of ether oxygens (including phenoxy) is 1. The molecule has 1 saturated carbocycles. The number of hydrogen-bond donors (Lipinski definition) is 3. The number of nitrogens with one attached hydrogen (secondary N) is 3. The minimum Gasteiger partial charge on any atom is -0.494 e. The van der Waals surface area contributed by atoms with E-state index in [4.69, 9.17) is 9.84 Å². The average molecular weight is 571 g/mol. The van der Waals surface area contributed by atoms with Crippen molar-refractivity contribution in [3.05, 3.63) is 59.7 Å². The number of nitrogens with zero attached hydrogens (tertiary/aromatic N) is 7. The van der Waals surface area contributed by atoms with E-state index in [9.17, 15) is 9.59 Å². The van der Waals surface area contributed by atoms with Gasteiger partial charge in [-0.3, -0.25) is 23.9 Å². The van der Waals surface area contributed by atoms with Crippen LogP contribution >= 0.6 is 0 Å². The van der Waals surface area contributed by atoms with E-state index in [2.05, 4.69) is 42.2 Å². The number of carbonyl (C=O) groups is 2. The summed E-state index contributed by atoms with van der Waals surface area (Å²) in [5.74, 6) is 0.711. The van der Waals surface area contributed by atoms with Crippen LogP contribution in [-0.2, 0) is 25.4 Å². The molecule has 3 aromatic heterocycles. The molecule has 2 amide bonds. The predicted molar refractivity (Wildman–Crippen MR) is 156 cm³/mol. The van der Waals surface area contributed by atoms with Crippen molar-refractivity contribution in [3.63, 3.8) is 0 Å². The molecule has 1 aromatic carbocycles. The van der Waals surface area contributed by atoms with Gasteiger partial charge in [-0.2, -0.15) is 10.2 Å². The molecule has 2 fully saturated rings. The number of para-hydroxylation sites is 1. The number of aromatic nitrogens is 6. The Kier molecular flexibility index (Phi) is 7.33. The average Bonchev–Trinajstić information content (AvgIpc) is 3.64. The highest BCUT2D eigenvalue weighted by molar-refractivity contribution is 6.00. The molecule has 0 unspecified atom stereocenters. The first kappa shape index (κ1) is 27.4. The van der Waals surface area contributed by atoms with Crippen LogP contribution in [0, 0.1) is 5.92 Å². The molecule has 4 heterocycles. The van der Waals surface area contributed by atoms with Gasteiger partial charge in [0.15, 0.2) is 17.3 Å². The van der Waals surface area contributed by atoms with Gasteiger partial charge in [-0.05, 0) is 31.0 Å². The predicted octanol–water partition coefficient (Wildman–Crippen LogP) is 2.67. The summed E-state index contributed by atoms with van der Waals surface area (Å²) in [6.07, 6.45) is 5.69.